The number of carbonyl (C=O) groups is 1. The van der Waals surface area contributed by atoms with Crippen LogP contribution in [0.3, 0.4) is 0 Å². The average molecular weight is 396 g/mol. The third kappa shape index (κ3) is 3.52. The smallest absolute Gasteiger partial charge is 0.261 e. The van der Waals surface area contributed by atoms with Gasteiger partial charge in [-0.3, -0.25) is 14.2 Å². The van der Waals surface area contributed by atoms with E-state index in [9.17, 15) is 9.59 Å². The highest BCUT2D eigenvalue weighted by Crippen LogP contribution is 2.39. The first-order valence-electron chi connectivity index (χ1n) is 10.8. The molecule has 2 saturated heterocycles. The molecule has 3 heterocycles. The molecule has 1 amide bonds. The largest absolute Gasteiger partial charge is 0.371 e. The third-order valence-electron chi connectivity index (χ3n) is 6.42. The van der Waals surface area contributed by atoms with Crippen LogP contribution in [0, 0.1) is 11.8 Å². The molecule has 2 atom stereocenters. The molecule has 3 fully saturated rings. The monoisotopic (exact) mass is 395 g/mol. The summed E-state index contributed by atoms with van der Waals surface area (Å²) in [5.41, 5.74) is 1.73. The minimum atomic E-state index is -0.138. The third-order valence-corrected chi connectivity index (χ3v) is 6.42. The summed E-state index contributed by atoms with van der Waals surface area (Å²) in [5, 5.41) is 6.97. The zero-order valence-corrected chi connectivity index (χ0v) is 17.1. The summed E-state index contributed by atoms with van der Waals surface area (Å²) in [6.07, 6.45) is 2.07. The van der Waals surface area contributed by atoms with Crippen LogP contribution in [-0.4, -0.2) is 47.7 Å². The van der Waals surface area contributed by atoms with Crippen LogP contribution in [-0.2, 0) is 11.3 Å². The van der Waals surface area contributed by atoms with Crippen molar-refractivity contribution in [2.75, 3.05) is 31.1 Å². The highest BCUT2D eigenvalue weighted by molar-refractivity contribution is 5.83. The van der Waals surface area contributed by atoms with E-state index in [1.54, 1.807) is 4.57 Å². The minimum absolute atomic E-state index is 0.0372. The van der Waals surface area contributed by atoms with E-state index in [-0.39, 0.29) is 24.1 Å². The Morgan fingerprint density at radius 1 is 1.24 bits per heavy atom. The number of hydrogen-bond acceptors (Lipinski definition) is 5. The lowest BCUT2D eigenvalue weighted by molar-refractivity contribution is -0.122. The Labute approximate surface area is 170 Å². The zero-order valence-electron chi connectivity index (χ0n) is 17.1. The Kier molecular flexibility index (Phi) is 4.57. The van der Waals surface area contributed by atoms with Gasteiger partial charge in [0.15, 0.2) is 0 Å². The zero-order chi connectivity index (χ0) is 20.1. The summed E-state index contributed by atoms with van der Waals surface area (Å²) in [5.74, 6) is 2.30. The topological polar surface area (TPSA) is 79.3 Å². The van der Waals surface area contributed by atoms with Crippen LogP contribution >= 0.6 is 0 Å². The lowest BCUT2D eigenvalue weighted by Gasteiger charge is -2.21. The molecule has 2 aliphatic heterocycles. The number of fused-ring (bicyclic) bond motifs is 2. The van der Waals surface area contributed by atoms with Crippen molar-refractivity contribution in [3.63, 3.8) is 0 Å². The van der Waals surface area contributed by atoms with Crippen LogP contribution in [0.5, 0.6) is 0 Å². The Hall–Kier alpha value is -2.41. The maximum Gasteiger partial charge on any atom is 0.261 e. The number of hydrogen-bond donors (Lipinski definition) is 2. The standard InChI is InChI=1S/C22H29N5O2/c1-13(2)24-20(28)12-27-21(14-3-4-14)25-19-6-5-17(7-18(19)22(27)29)26-10-15-8-23-9-16(15)11-26/h5-7,13-16,23H,3-4,8-12H2,1-2H3,(H,24,28). The van der Waals surface area contributed by atoms with Crippen molar-refractivity contribution in [1.82, 2.24) is 20.2 Å². The minimum Gasteiger partial charge on any atom is -0.371 e. The number of anilines is 1. The molecule has 1 aromatic heterocycles. The van der Waals surface area contributed by atoms with Gasteiger partial charge in [0.1, 0.15) is 12.4 Å². The average Bonchev–Trinajstić information content (AvgIpc) is 3.29. The molecule has 2 aromatic rings. The lowest BCUT2D eigenvalue weighted by atomic mass is 10.0. The number of amides is 1. The Morgan fingerprint density at radius 2 is 1.97 bits per heavy atom. The summed E-state index contributed by atoms with van der Waals surface area (Å²) in [4.78, 5) is 33.0. The van der Waals surface area contributed by atoms with Crippen LogP contribution in [0.2, 0.25) is 0 Å². The summed E-state index contributed by atoms with van der Waals surface area (Å²) in [6.45, 7) is 8.11. The molecule has 1 aromatic carbocycles. The molecule has 0 spiro atoms. The first kappa shape index (κ1) is 18.6. The van der Waals surface area contributed by atoms with E-state index in [0.717, 1.165) is 56.0 Å². The van der Waals surface area contributed by atoms with Crippen molar-refractivity contribution in [2.24, 2.45) is 11.8 Å². The van der Waals surface area contributed by atoms with Gasteiger partial charge in [-0.1, -0.05) is 0 Å². The van der Waals surface area contributed by atoms with E-state index in [1.807, 2.05) is 26.0 Å². The fourth-order valence-corrected chi connectivity index (χ4v) is 4.81. The second-order valence-electron chi connectivity index (χ2n) is 9.14. The predicted molar refractivity (Wildman–Crippen MR) is 113 cm³/mol. The van der Waals surface area contributed by atoms with Gasteiger partial charge >= 0.3 is 0 Å². The maximum atomic E-state index is 13.4. The van der Waals surface area contributed by atoms with Crippen LogP contribution in [0.15, 0.2) is 23.0 Å². The number of nitrogens with zero attached hydrogens (tertiary/aromatic N) is 3. The number of carbonyl (C=O) groups excluding carboxylic acids is 1. The number of rotatable bonds is 5. The normalized spacial score (nSPS) is 23.8. The van der Waals surface area contributed by atoms with Crippen molar-refractivity contribution in [3.05, 3.63) is 34.4 Å². The SMILES string of the molecule is CC(C)NC(=O)Cn1c(C2CC2)nc2ccc(N3CC4CNCC4C3)cc2c1=O. The molecule has 0 radical (unpaired) electrons. The molecule has 7 nitrogen and oxygen atoms in total. The number of benzene rings is 1. The van der Waals surface area contributed by atoms with Crippen molar-refractivity contribution in [2.45, 2.75) is 45.2 Å². The first-order chi connectivity index (χ1) is 14.0. The van der Waals surface area contributed by atoms with E-state index in [0.29, 0.717) is 23.1 Å². The van der Waals surface area contributed by atoms with E-state index in [2.05, 4.69) is 21.6 Å². The molecule has 7 heteroatoms. The van der Waals surface area contributed by atoms with E-state index in [1.165, 1.54) is 0 Å². The van der Waals surface area contributed by atoms with Gasteiger partial charge in [0.05, 0.1) is 10.9 Å². The Balaban J connectivity index is 1.51. The molecule has 1 aliphatic carbocycles. The van der Waals surface area contributed by atoms with Gasteiger partial charge in [-0.05, 0) is 56.7 Å². The van der Waals surface area contributed by atoms with Gasteiger partial charge < -0.3 is 15.5 Å². The van der Waals surface area contributed by atoms with Crippen molar-refractivity contribution in [3.8, 4) is 0 Å². The number of aromatic nitrogens is 2. The number of nitrogens with one attached hydrogen (secondary N) is 2. The summed E-state index contributed by atoms with van der Waals surface area (Å²) < 4.78 is 1.60. The molecular weight excluding hydrogens is 366 g/mol. The molecule has 0 bridgehead atoms. The quantitative estimate of drug-likeness (QED) is 0.801. The maximum absolute atomic E-state index is 13.4. The molecule has 3 aliphatic rings. The lowest BCUT2D eigenvalue weighted by Crippen LogP contribution is -2.37. The molecule has 1 saturated carbocycles. The summed E-state index contributed by atoms with van der Waals surface area (Å²) in [6, 6.07) is 6.09. The first-order valence-corrected chi connectivity index (χ1v) is 10.8. The van der Waals surface area contributed by atoms with Crippen LogP contribution in [0.1, 0.15) is 38.4 Å². The molecule has 29 heavy (non-hydrogen) atoms. The molecule has 2 N–H and O–H groups in total. The van der Waals surface area contributed by atoms with Gasteiger partial charge in [0.25, 0.3) is 5.56 Å². The van der Waals surface area contributed by atoms with Crippen molar-refractivity contribution >= 4 is 22.5 Å². The van der Waals surface area contributed by atoms with Gasteiger partial charge in [0, 0.05) is 43.8 Å². The second kappa shape index (κ2) is 7.13. The van der Waals surface area contributed by atoms with E-state index in [4.69, 9.17) is 4.98 Å². The second-order valence-corrected chi connectivity index (χ2v) is 9.14. The van der Waals surface area contributed by atoms with E-state index < -0.39 is 0 Å². The predicted octanol–water partition coefficient (Wildman–Crippen LogP) is 1.45. The van der Waals surface area contributed by atoms with Gasteiger partial charge in [0.2, 0.25) is 5.91 Å². The molecule has 154 valence electrons. The van der Waals surface area contributed by atoms with Gasteiger partial charge in [-0.2, -0.15) is 0 Å². The van der Waals surface area contributed by atoms with Gasteiger partial charge in [-0.25, -0.2) is 4.98 Å². The van der Waals surface area contributed by atoms with E-state index >= 15 is 0 Å². The Bertz CT molecular complexity index is 998. The van der Waals surface area contributed by atoms with Crippen LogP contribution in [0.25, 0.3) is 10.9 Å². The summed E-state index contributed by atoms with van der Waals surface area (Å²) in [7, 11) is 0. The molecule has 2 unspecified atom stereocenters. The molecule has 5 rings (SSSR count). The van der Waals surface area contributed by atoms with Crippen LogP contribution < -0.4 is 21.1 Å². The van der Waals surface area contributed by atoms with Crippen LogP contribution in [0.4, 0.5) is 5.69 Å². The highest BCUT2D eigenvalue weighted by atomic mass is 16.2. The van der Waals surface area contributed by atoms with Crippen molar-refractivity contribution in [1.29, 1.82) is 0 Å². The van der Waals surface area contributed by atoms with Crippen molar-refractivity contribution < 1.29 is 4.79 Å². The fourth-order valence-electron chi connectivity index (χ4n) is 4.81. The molecular formula is C22H29N5O2. The fraction of sp³-hybridized carbons (Fsp3) is 0.591. The van der Waals surface area contributed by atoms with Gasteiger partial charge in [-0.15, -0.1) is 0 Å². The highest BCUT2D eigenvalue weighted by Gasteiger charge is 2.36. The Morgan fingerprint density at radius 3 is 2.62 bits per heavy atom. The summed E-state index contributed by atoms with van der Waals surface area (Å²) >= 11 is 0.